The number of carbonyl (C=O) groups is 1. The van der Waals surface area contributed by atoms with Crippen molar-refractivity contribution >= 4 is 44.2 Å². The standard InChI is InChI=1S/C15H8BrF2NO3/c16-8-1-2-11(10(17)6-8)19-13-9(15(20)21)5-7-3-4-22-14(7)12(13)18/h1-6,19H,(H,20,21). The number of benzene rings is 2. The van der Waals surface area contributed by atoms with E-state index in [9.17, 15) is 18.7 Å². The van der Waals surface area contributed by atoms with Crippen LogP contribution in [0, 0.1) is 11.6 Å². The lowest BCUT2D eigenvalue weighted by atomic mass is 10.1. The van der Waals surface area contributed by atoms with E-state index < -0.39 is 17.6 Å². The van der Waals surface area contributed by atoms with Crippen LogP contribution in [0.5, 0.6) is 0 Å². The molecule has 0 aliphatic heterocycles. The van der Waals surface area contributed by atoms with Crippen LogP contribution in [0.15, 0.2) is 45.5 Å². The third-order valence-corrected chi connectivity index (χ3v) is 3.60. The van der Waals surface area contributed by atoms with Gasteiger partial charge in [0.1, 0.15) is 5.82 Å². The van der Waals surface area contributed by atoms with Crippen molar-refractivity contribution in [3.8, 4) is 0 Å². The Morgan fingerprint density at radius 2 is 2.00 bits per heavy atom. The van der Waals surface area contributed by atoms with Gasteiger partial charge in [-0.1, -0.05) is 15.9 Å². The van der Waals surface area contributed by atoms with Crippen LogP contribution >= 0.6 is 15.9 Å². The number of halogens is 3. The lowest BCUT2D eigenvalue weighted by Crippen LogP contribution is -2.06. The molecule has 7 heteroatoms. The van der Waals surface area contributed by atoms with Gasteiger partial charge in [-0.05, 0) is 30.3 Å². The quantitative estimate of drug-likeness (QED) is 0.689. The Morgan fingerprint density at radius 3 is 2.68 bits per heavy atom. The minimum atomic E-state index is -1.33. The first-order valence-corrected chi connectivity index (χ1v) is 6.91. The molecule has 0 atom stereocenters. The molecule has 0 unspecified atom stereocenters. The number of nitrogens with one attached hydrogen (secondary N) is 1. The highest BCUT2D eigenvalue weighted by Gasteiger charge is 2.21. The van der Waals surface area contributed by atoms with Gasteiger partial charge in [-0.15, -0.1) is 0 Å². The maximum absolute atomic E-state index is 14.5. The Balaban J connectivity index is 2.18. The lowest BCUT2D eigenvalue weighted by Gasteiger charge is -2.12. The number of hydrogen-bond donors (Lipinski definition) is 2. The molecule has 1 heterocycles. The van der Waals surface area contributed by atoms with E-state index in [1.165, 1.54) is 30.5 Å². The summed E-state index contributed by atoms with van der Waals surface area (Å²) in [5.74, 6) is -2.87. The molecule has 0 spiro atoms. The SMILES string of the molecule is O=C(O)c1cc2ccoc2c(F)c1Nc1ccc(Br)cc1F. The molecule has 22 heavy (non-hydrogen) atoms. The summed E-state index contributed by atoms with van der Waals surface area (Å²) >= 11 is 3.11. The first-order valence-electron chi connectivity index (χ1n) is 6.12. The summed E-state index contributed by atoms with van der Waals surface area (Å²) in [4.78, 5) is 11.3. The van der Waals surface area contributed by atoms with E-state index in [1.54, 1.807) is 6.07 Å². The van der Waals surface area contributed by atoms with Crippen LogP contribution in [0.25, 0.3) is 11.0 Å². The summed E-state index contributed by atoms with van der Waals surface area (Å²) in [5.41, 5.74) is -0.801. The average Bonchev–Trinajstić information content (AvgIpc) is 2.92. The predicted octanol–water partition coefficient (Wildman–Crippen LogP) is 4.92. The van der Waals surface area contributed by atoms with Crippen LogP contribution < -0.4 is 5.32 Å². The number of aromatic carboxylic acids is 1. The van der Waals surface area contributed by atoms with E-state index >= 15 is 0 Å². The van der Waals surface area contributed by atoms with Crippen molar-refractivity contribution < 1.29 is 23.1 Å². The van der Waals surface area contributed by atoms with E-state index in [1.807, 2.05) is 0 Å². The molecule has 0 radical (unpaired) electrons. The number of hydrogen-bond acceptors (Lipinski definition) is 3. The van der Waals surface area contributed by atoms with Gasteiger partial charge in [-0.3, -0.25) is 0 Å². The molecular weight excluding hydrogens is 360 g/mol. The second kappa shape index (κ2) is 5.42. The predicted molar refractivity (Wildman–Crippen MR) is 80.5 cm³/mol. The molecule has 112 valence electrons. The fourth-order valence-corrected chi connectivity index (χ4v) is 2.42. The normalized spacial score (nSPS) is 10.9. The van der Waals surface area contributed by atoms with Gasteiger partial charge in [0.15, 0.2) is 11.4 Å². The zero-order chi connectivity index (χ0) is 15.9. The Kier molecular flexibility index (Phi) is 3.58. The molecule has 0 saturated carbocycles. The van der Waals surface area contributed by atoms with Gasteiger partial charge in [0.25, 0.3) is 0 Å². The van der Waals surface area contributed by atoms with Crippen LogP contribution in [0.2, 0.25) is 0 Å². The largest absolute Gasteiger partial charge is 0.478 e. The number of anilines is 2. The lowest BCUT2D eigenvalue weighted by molar-refractivity contribution is 0.0697. The van der Waals surface area contributed by atoms with Crippen LogP contribution in [0.4, 0.5) is 20.2 Å². The number of fused-ring (bicyclic) bond motifs is 1. The third kappa shape index (κ3) is 2.43. The van der Waals surface area contributed by atoms with Crippen molar-refractivity contribution in [1.29, 1.82) is 0 Å². The highest BCUT2D eigenvalue weighted by Crippen LogP contribution is 2.33. The Bertz CT molecular complexity index is 892. The van der Waals surface area contributed by atoms with E-state index in [4.69, 9.17) is 4.42 Å². The maximum atomic E-state index is 14.5. The van der Waals surface area contributed by atoms with Crippen molar-refractivity contribution in [2.75, 3.05) is 5.32 Å². The molecule has 0 aliphatic carbocycles. The number of furan rings is 1. The molecular formula is C15H8BrF2NO3. The van der Waals surface area contributed by atoms with Crippen molar-refractivity contribution in [3.05, 3.63) is 58.3 Å². The first-order chi connectivity index (χ1) is 10.5. The minimum Gasteiger partial charge on any atom is -0.478 e. The third-order valence-electron chi connectivity index (χ3n) is 3.10. The van der Waals surface area contributed by atoms with E-state index in [-0.39, 0.29) is 22.5 Å². The summed E-state index contributed by atoms with van der Waals surface area (Å²) in [6.45, 7) is 0. The molecule has 0 fully saturated rings. The van der Waals surface area contributed by atoms with Gasteiger partial charge in [0.05, 0.1) is 23.2 Å². The average molecular weight is 368 g/mol. The molecule has 0 saturated heterocycles. The number of carboxylic acids is 1. The van der Waals surface area contributed by atoms with E-state index in [2.05, 4.69) is 21.2 Å². The second-order valence-electron chi connectivity index (χ2n) is 4.51. The molecule has 0 bridgehead atoms. The zero-order valence-corrected chi connectivity index (χ0v) is 12.4. The van der Waals surface area contributed by atoms with Gasteiger partial charge < -0.3 is 14.8 Å². The van der Waals surface area contributed by atoms with Crippen molar-refractivity contribution in [3.63, 3.8) is 0 Å². The van der Waals surface area contributed by atoms with Crippen molar-refractivity contribution in [2.24, 2.45) is 0 Å². The van der Waals surface area contributed by atoms with Crippen molar-refractivity contribution in [2.45, 2.75) is 0 Å². The summed E-state index contributed by atoms with van der Waals surface area (Å²) in [5, 5.41) is 12.0. The topological polar surface area (TPSA) is 62.5 Å². The summed E-state index contributed by atoms with van der Waals surface area (Å²) in [6.07, 6.45) is 1.25. The molecule has 4 nitrogen and oxygen atoms in total. The van der Waals surface area contributed by atoms with Gasteiger partial charge in [-0.25, -0.2) is 13.6 Å². The maximum Gasteiger partial charge on any atom is 0.337 e. The van der Waals surface area contributed by atoms with Crippen LogP contribution in [0.3, 0.4) is 0 Å². The van der Waals surface area contributed by atoms with Crippen LogP contribution in [-0.2, 0) is 0 Å². The molecule has 3 rings (SSSR count). The fraction of sp³-hybridized carbons (Fsp3) is 0. The summed E-state index contributed by atoms with van der Waals surface area (Å²) in [7, 11) is 0. The van der Waals surface area contributed by atoms with E-state index in [0.29, 0.717) is 9.86 Å². The Labute approximate surface area is 131 Å². The zero-order valence-electron chi connectivity index (χ0n) is 10.9. The van der Waals surface area contributed by atoms with E-state index in [0.717, 1.165) is 0 Å². The molecule has 0 amide bonds. The number of carboxylic acid groups (broad SMARTS) is 1. The van der Waals surface area contributed by atoms with Gasteiger partial charge in [0.2, 0.25) is 0 Å². The van der Waals surface area contributed by atoms with Gasteiger partial charge in [0, 0.05) is 9.86 Å². The summed E-state index contributed by atoms with van der Waals surface area (Å²) in [6, 6.07) is 6.83. The van der Waals surface area contributed by atoms with Gasteiger partial charge in [-0.2, -0.15) is 0 Å². The van der Waals surface area contributed by atoms with Gasteiger partial charge >= 0.3 is 5.97 Å². The molecule has 1 aromatic heterocycles. The number of rotatable bonds is 3. The highest BCUT2D eigenvalue weighted by molar-refractivity contribution is 9.10. The summed E-state index contributed by atoms with van der Waals surface area (Å²) < 4.78 is 33.8. The van der Waals surface area contributed by atoms with Crippen LogP contribution in [-0.4, -0.2) is 11.1 Å². The molecule has 0 aliphatic rings. The molecule has 2 N–H and O–H groups in total. The second-order valence-corrected chi connectivity index (χ2v) is 5.42. The van der Waals surface area contributed by atoms with Crippen molar-refractivity contribution in [1.82, 2.24) is 0 Å². The highest BCUT2D eigenvalue weighted by atomic mass is 79.9. The van der Waals surface area contributed by atoms with Crippen LogP contribution in [0.1, 0.15) is 10.4 Å². The Hall–Kier alpha value is -2.41. The molecule has 3 aromatic rings. The Morgan fingerprint density at radius 1 is 1.23 bits per heavy atom. The molecule has 2 aromatic carbocycles. The monoisotopic (exact) mass is 367 g/mol. The fourth-order valence-electron chi connectivity index (χ4n) is 2.09. The smallest absolute Gasteiger partial charge is 0.337 e. The first kappa shape index (κ1) is 14.5. The minimum absolute atomic E-state index is 0.0458.